The third-order valence-corrected chi connectivity index (χ3v) is 7.53. The summed E-state index contributed by atoms with van der Waals surface area (Å²) in [5.74, 6) is 0.167. The molecule has 0 fully saturated rings. The van der Waals surface area contributed by atoms with Crippen molar-refractivity contribution in [2.24, 2.45) is 0 Å². The first-order valence-electron chi connectivity index (χ1n) is 13.6. The summed E-state index contributed by atoms with van der Waals surface area (Å²) in [5.41, 5.74) is 0. The van der Waals surface area contributed by atoms with Crippen LogP contribution in [-0.2, 0) is 25.0 Å². The Labute approximate surface area is 388 Å². The molecule has 292 valence electrons. The summed E-state index contributed by atoms with van der Waals surface area (Å²) in [6, 6.07) is 0. The standard InChI is InChI=1S/2C9H18N2.C3H6O.2C2H2F4O3S.2ClH.2K/c2*1-4-5-6-11-8-7-10(3)9(11)2;1-3(2)4;2*3-1(4)2(5,6)10(7,8)9;;;;/h2*7-9H,4-6H2,1-3H3;1-2H3;2*1H,(H,7,8,9);2*1H;;/q;;;;;;;2*+1/p-4. The van der Waals surface area contributed by atoms with Gasteiger partial charge in [-0.15, -0.1) is 0 Å². The molecule has 50 heavy (non-hydrogen) atoms. The molecule has 0 bridgehead atoms. The van der Waals surface area contributed by atoms with Crippen LogP contribution in [0.5, 0.6) is 0 Å². The van der Waals surface area contributed by atoms with Crippen molar-refractivity contribution < 1.29 is 193 Å². The smallest absolute Gasteiger partial charge is 1.00 e. The second-order valence-electron chi connectivity index (χ2n) is 9.92. The van der Waals surface area contributed by atoms with E-state index in [0.717, 1.165) is 0 Å². The fraction of sp³-hybridized carbons (Fsp3) is 0.800. The van der Waals surface area contributed by atoms with Crippen LogP contribution in [0.1, 0.15) is 67.2 Å². The molecule has 11 nitrogen and oxygen atoms in total. The van der Waals surface area contributed by atoms with Gasteiger partial charge in [-0.2, -0.15) is 17.6 Å². The maximum absolute atomic E-state index is 11.4. The van der Waals surface area contributed by atoms with Gasteiger partial charge in [0.25, 0.3) is 0 Å². The monoisotopic (exact) mass is 876 g/mol. The van der Waals surface area contributed by atoms with E-state index in [2.05, 4.69) is 86.2 Å². The van der Waals surface area contributed by atoms with Gasteiger partial charge < -0.3 is 58.3 Å². The number of nitrogens with zero attached hydrogens (tertiary/aromatic N) is 4. The summed E-state index contributed by atoms with van der Waals surface area (Å²) in [4.78, 5) is 18.7. The van der Waals surface area contributed by atoms with E-state index in [0.29, 0.717) is 12.3 Å². The molecule has 0 saturated heterocycles. The summed E-state index contributed by atoms with van der Waals surface area (Å²) in [7, 11) is -8.23. The molecular weight excluding hydrogens is 834 g/mol. The fourth-order valence-corrected chi connectivity index (χ4v) is 3.21. The van der Waals surface area contributed by atoms with Gasteiger partial charge in [0.1, 0.15) is 5.78 Å². The van der Waals surface area contributed by atoms with Crippen LogP contribution < -0.4 is 128 Å². The number of carbonyl (C=O) groups is 1. The van der Waals surface area contributed by atoms with E-state index in [1.165, 1.54) is 52.6 Å². The number of hydrogen-bond donors (Lipinski definition) is 0. The van der Waals surface area contributed by atoms with Crippen molar-refractivity contribution in [1.29, 1.82) is 0 Å². The Balaban J connectivity index is -0.0000000928. The number of carbonyl (C=O) groups excluding carboxylic acids is 1. The molecule has 2 heterocycles. The maximum atomic E-state index is 11.4. The largest absolute Gasteiger partial charge is 1.00 e. The van der Waals surface area contributed by atoms with E-state index < -0.39 is 43.6 Å². The molecule has 2 rings (SSSR count). The topological polar surface area (TPSA) is 144 Å². The first kappa shape index (κ1) is 66.3. The SMILES string of the molecule is CC(C)=O.CCCCN1C=CN(C)C1C.CCCCN1C=CN(C)C1C.O=S(=O)([O-])C(F)(F)C(F)F.O=S(=O)([O-])C(F)(F)C(F)F.[Cl-].[Cl-].[K+].[K+]. The summed E-state index contributed by atoms with van der Waals surface area (Å²) in [5, 5.41) is -11.0. The summed E-state index contributed by atoms with van der Waals surface area (Å²) < 4.78 is 145. The zero-order chi connectivity index (χ0) is 37.3. The van der Waals surface area contributed by atoms with Crippen LogP contribution in [0.3, 0.4) is 0 Å². The van der Waals surface area contributed by atoms with E-state index in [9.17, 15) is 65.9 Å². The second-order valence-corrected chi connectivity index (χ2v) is 12.8. The third-order valence-electron chi connectivity index (χ3n) is 5.84. The zero-order valence-electron chi connectivity index (χ0n) is 29.6. The Hall–Kier alpha value is 1.46. The molecule has 0 aromatic heterocycles. The molecule has 0 spiro atoms. The van der Waals surface area contributed by atoms with Gasteiger partial charge in [0, 0.05) is 52.0 Å². The average Bonchev–Trinajstić information content (AvgIpc) is 3.40. The van der Waals surface area contributed by atoms with Crippen molar-refractivity contribution in [3.05, 3.63) is 24.8 Å². The molecule has 2 aliphatic heterocycles. The van der Waals surface area contributed by atoms with E-state index in [1.807, 2.05) is 0 Å². The second kappa shape index (κ2) is 31.6. The Morgan fingerprint density at radius 2 is 0.900 bits per heavy atom. The Bertz CT molecular complexity index is 1080. The minimum absolute atomic E-state index is 0. The first-order valence-corrected chi connectivity index (χ1v) is 16.5. The maximum Gasteiger partial charge on any atom is 1.00 e. The van der Waals surface area contributed by atoms with Gasteiger partial charge in [0.2, 0.25) is 0 Å². The van der Waals surface area contributed by atoms with Crippen LogP contribution in [0, 0.1) is 0 Å². The number of Topliss-reactive ketones (excluding diaryl/α,β-unsaturated/α-hetero) is 1. The quantitative estimate of drug-likeness (QED) is 0.118. The van der Waals surface area contributed by atoms with E-state index in [1.54, 1.807) is 0 Å². The van der Waals surface area contributed by atoms with Gasteiger partial charge in [-0.05, 0) is 40.5 Å². The van der Waals surface area contributed by atoms with Crippen molar-refractivity contribution in [1.82, 2.24) is 19.6 Å². The van der Waals surface area contributed by atoms with Gasteiger partial charge >= 0.3 is 126 Å². The van der Waals surface area contributed by atoms with Crippen LogP contribution in [0.4, 0.5) is 35.1 Å². The normalized spacial score (nSPS) is 16.5. The van der Waals surface area contributed by atoms with Crippen LogP contribution in [0.15, 0.2) is 24.8 Å². The molecule has 0 N–H and O–H groups in total. The molecule has 0 aromatic rings. The fourth-order valence-electron chi connectivity index (χ4n) is 2.77. The Morgan fingerprint density at radius 1 is 0.680 bits per heavy atom. The number of ketones is 1. The van der Waals surface area contributed by atoms with Gasteiger partial charge in [-0.1, -0.05) is 26.7 Å². The van der Waals surface area contributed by atoms with Crippen molar-refractivity contribution >= 4 is 26.0 Å². The van der Waals surface area contributed by atoms with Gasteiger partial charge in [-0.25, -0.2) is 34.4 Å². The molecule has 25 heteroatoms. The third kappa shape index (κ3) is 27.1. The number of rotatable bonds is 10. The van der Waals surface area contributed by atoms with Crippen molar-refractivity contribution in [3.8, 4) is 0 Å². The van der Waals surface area contributed by atoms with Crippen molar-refractivity contribution in [3.63, 3.8) is 0 Å². The molecule has 2 atom stereocenters. The van der Waals surface area contributed by atoms with Crippen LogP contribution in [0.25, 0.3) is 0 Å². The minimum Gasteiger partial charge on any atom is -1.00 e. The number of halogens is 10. The Kier molecular flexibility index (Phi) is 42.0. The summed E-state index contributed by atoms with van der Waals surface area (Å²) >= 11 is 0. The van der Waals surface area contributed by atoms with Crippen molar-refractivity contribution in [2.75, 3.05) is 27.2 Å². The molecule has 0 aromatic carbocycles. The van der Waals surface area contributed by atoms with Gasteiger partial charge in [0.15, 0.2) is 20.2 Å². The van der Waals surface area contributed by atoms with E-state index >= 15 is 0 Å². The number of unbranched alkanes of at least 4 members (excludes halogenated alkanes) is 2. The summed E-state index contributed by atoms with van der Waals surface area (Å²) in [6.07, 6.45) is 5.95. The molecule has 2 aliphatic rings. The average molecular weight is 878 g/mol. The molecule has 0 saturated carbocycles. The number of hydrogen-bond acceptors (Lipinski definition) is 11. The van der Waals surface area contributed by atoms with Gasteiger partial charge in [-0.3, -0.25) is 0 Å². The molecule has 0 aliphatic carbocycles. The van der Waals surface area contributed by atoms with Crippen molar-refractivity contribution in [2.45, 2.75) is 103 Å². The molecule has 0 amide bonds. The number of alkyl halides is 8. The van der Waals surface area contributed by atoms with Crippen LogP contribution >= 0.6 is 0 Å². The van der Waals surface area contributed by atoms with Crippen LogP contribution in [0.2, 0.25) is 0 Å². The predicted octanol–water partition coefficient (Wildman–Crippen LogP) is -6.91. The molecular formula is C25H44Cl2F8K2N4O7S2-2. The molecule has 2 unspecified atom stereocenters. The Morgan fingerprint density at radius 3 is 1.00 bits per heavy atom. The van der Waals surface area contributed by atoms with E-state index in [-0.39, 0.29) is 133 Å². The zero-order valence-corrected chi connectivity index (χ0v) is 39.0. The van der Waals surface area contributed by atoms with E-state index in [4.69, 9.17) is 0 Å². The predicted molar refractivity (Wildman–Crippen MR) is 154 cm³/mol. The summed E-state index contributed by atoms with van der Waals surface area (Å²) in [6.45, 7) is 14.4. The minimum atomic E-state index is -6.23. The first-order chi connectivity index (χ1) is 20.6. The molecule has 0 radical (unpaired) electrons. The van der Waals surface area contributed by atoms with Gasteiger partial charge in [0.05, 0.1) is 12.3 Å². The van der Waals surface area contributed by atoms with Crippen LogP contribution in [-0.4, -0.2) is 114 Å².